The Balaban J connectivity index is 3.69. The van der Waals surface area contributed by atoms with Crippen LogP contribution in [0.3, 0.4) is 0 Å². The summed E-state index contributed by atoms with van der Waals surface area (Å²) in [6, 6.07) is 0. The van der Waals surface area contributed by atoms with E-state index >= 15 is 0 Å². The molecule has 0 radical (unpaired) electrons. The fourth-order valence-electron chi connectivity index (χ4n) is 1.72. The molecule has 0 saturated heterocycles. The van der Waals surface area contributed by atoms with E-state index in [4.69, 9.17) is 0 Å². The van der Waals surface area contributed by atoms with E-state index in [-0.39, 0.29) is 0 Å². The molecule has 16 heavy (non-hydrogen) atoms. The molecule has 0 fully saturated rings. The third kappa shape index (κ3) is 10.1. The molecule has 0 atom stereocenters. The summed E-state index contributed by atoms with van der Waals surface area (Å²) in [7, 11) is 0. The van der Waals surface area contributed by atoms with Crippen molar-refractivity contribution in [1.29, 1.82) is 0 Å². The van der Waals surface area contributed by atoms with Gasteiger partial charge >= 0.3 is 0 Å². The number of rotatable bonds is 11. The lowest BCUT2D eigenvalue weighted by molar-refractivity contribution is 0.359. The molecule has 0 saturated carbocycles. The maximum absolute atomic E-state index is 2.50. The zero-order valence-electron chi connectivity index (χ0n) is 11.7. The van der Waals surface area contributed by atoms with Crippen molar-refractivity contribution in [3.05, 3.63) is 12.3 Å². The highest BCUT2D eigenvalue weighted by atomic mass is 15.1. The summed E-state index contributed by atoms with van der Waals surface area (Å²) in [5, 5.41) is 0. The lowest BCUT2D eigenvalue weighted by Crippen LogP contribution is -2.19. The van der Waals surface area contributed by atoms with Crippen molar-refractivity contribution < 1.29 is 0 Å². The third-order valence-electron chi connectivity index (χ3n) is 2.89. The van der Waals surface area contributed by atoms with Crippen LogP contribution in [-0.2, 0) is 0 Å². The maximum Gasteiger partial charge on any atom is 0.0172 e. The highest BCUT2D eigenvalue weighted by Crippen LogP contribution is 2.03. The van der Waals surface area contributed by atoms with Gasteiger partial charge in [-0.15, -0.1) is 0 Å². The van der Waals surface area contributed by atoms with Crippen molar-refractivity contribution in [2.45, 2.75) is 72.1 Å². The molecule has 0 rings (SSSR count). The van der Waals surface area contributed by atoms with Crippen LogP contribution in [0.15, 0.2) is 12.3 Å². The molecule has 0 aliphatic heterocycles. The number of allylic oxidation sites excluding steroid dienone is 1. The molecule has 0 aromatic carbocycles. The Bertz CT molecular complexity index is 144. The molecular formula is C15H31N. The van der Waals surface area contributed by atoms with Gasteiger partial charge in [-0.25, -0.2) is 0 Å². The first-order valence-electron chi connectivity index (χ1n) is 7.25. The molecule has 0 aromatic rings. The maximum atomic E-state index is 2.50. The summed E-state index contributed by atoms with van der Waals surface area (Å²) in [6.07, 6.45) is 15.2. The van der Waals surface area contributed by atoms with Crippen LogP contribution in [0, 0.1) is 0 Å². The standard InChI is InChI=1S/C15H31N/c1-4-7-10-11-12-15-16(13-8-5-2)14-9-6-3/h12,15H,4-11,13-14H2,1-3H3. The summed E-state index contributed by atoms with van der Waals surface area (Å²) in [4.78, 5) is 2.50. The van der Waals surface area contributed by atoms with Gasteiger partial charge in [-0.05, 0) is 31.9 Å². The molecule has 0 N–H and O–H groups in total. The Hall–Kier alpha value is -0.460. The fraction of sp³-hybridized carbons (Fsp3) is 0.867. The van der Waals surface area contributed by atoms with Gasteiger partial charge in [0.2, 0.25) is 0 Å². The molecule has 0 aliphatic rings. The van der Waals surface area contributed by atoms with Crippen molar-refractivity contribution in [1.82, 2.24) is 4.90 Å². The van der Waals surface area contributed by atoms with Gasteiger partial charge in [0.25, 0.3) is 0 Å². The second-order valence-electron chi connectivity index (χ2n) is 4.62. The van der Waals surface area contributed by atoms with Crippen molar-refractivity contribution in [2.24, 2.45) is 0 Å². The van der Waals surface area contributed by atoms with Gasteiger partial charge in [0.05, 0.1) is 0 Å². The molecule has 0 amide bonds. The van der Waals surface area contributed by atoms with E-state index < -0.39 is 0 Å². The molecule has 0 aromatic heterocycles. The van der Waals surface area contributed by atoms with Gasteiger partial charge in [0.1, 0.15) is 0 Å². The summed E-state index contributed by atoms with van der Waals surface area (Å²) < 4.78 is 0. The predicted octanol–water partition coefficient (Wildman–Crippen LogP) is 4.98. The van der Waals surface area contributed by atoms with Gasteiger partial charge < -0.3 is 4.90 Å². The van der Waals surface area contributed by atoms with Crippen LogP contribution >= 0.6 is 0 Å². The Kier molecular flexibility index (Phi) is 12.2. The lowest BCUT2D eigenvalue weighted by atomic mass is 10.2. The topological polar surface area (TPSA) is 3.24 Å². The highest BCUT2D eigenvalue weighted by molar-refractivity contribution is 4.82. The van der Waals surface area contributed by atoms with Crippen LogP contribution in [0.5, 0.6) is 0 Å². The van der Waals surface area contributed by atoms with E-state index in [2.05, 4.69) is 37.9 Å². The summed E-state index contributed by atoms with van der Waals surface area (Å²) in [5.74, 6) is 0. The average molecular weight is 225 g/mol. The second kappa shape index (κ2) is 12.6. The first-order valence-corrected chi connectivity index (χ1v) is 7.25. The number of nitrogens with zero attached hydrogens (tertiary/aromatic N) is 1. The SMILES string of the molecule is CCCCCC=CN(CCCC)CCCC. The van der Waals surface area contributed by atoms with E-state index in [1.54, 1.807) is 0 Å². The average Bonchev–Trinajstić information content (AvgIpc) is 2.31. The molecule has 1 nitrogen and oxygen atoms in total. The minimum atomic E-state index is 1.24. The first-order chi connectivity index (χ1) is 7.85. The molecule has 96 valence electrons. The Labute approximate surface area is 103 Å². The zero-order valence-corrected chi connectivity index (χ0v) is 11.7. The van der Waals surface area contributed by atoms with Gasteiger partial charge in [0, 0.05) is 13.1 Å². The number of unbranched alkanes of at least 4 members (excludes halogenated alkanes) is 5. The minimum Gasteiger partial charge on any atom is -0.378 e. The van der Waals surface area contributed by atoms with Crippen LogP contribution in [-0.4, -0.2) is 18.0 Å². The number of hydrogen-bond donors (Lipinski definition) is 0. The van der Waals surface area contributed by atoms with E-state index in [0.717, 1.165) is 0 Å². The Morgan fingerprint density at radius 1 is 0.750 bits per heavy atom. The fourth-order valence-corrected chi connectivity index (χ4v) is 1.72. The van der Waals surface area contributed by atoms with E-state index in [9.17, 15) is 0 Å². The van der Waals surface area contributed by atoms with Crippen molar-refractivity contribution in [2.75, 3.05) is 13.1 Å². The molecule has 0 bridgehead atoms. The van der Waals surface area contributed by atoms with Crippen molar-refractivity contribution in [3.63, 3.8) is 0 Å². The van der Waals surface area contributed by atoms with Crippen LogP contribution in [0.2, 0.25) is 0 Å². The Morgan fingerprint density at radius 2 is 1.31 bits per heavy atom. The number of hydrogen-bond acceptors (Lipinski definition) is 1. The molecule has 1 heteroatoms. The Morgan fingerprint density at radius 3 is 1.81 bits per heavy atom. The van der Waals surface area contributed by atoms with Crippen LogP contribution in [0.25, 0.3) is 0 Å². The summed E-state index contributed by atoms with van der Waals surface area (Å²) in [6.45, 7) is 9.27. The van der Waals surface area contributed by atoms with Crippen LogP contribution in [0.1, 0.15) is 72.1 Å². The zero-order chi connectivity index (χ0) is 12.1. The van der Waals surface area contributed by atoms with Gasteiger partial charge in [-0.2, -0.15) is 0 Å². The molecule has 0 spiro atoms. The van der Waals surface area contributed by atoms with E-state index in [0.29, 0.717) is 0 Å². The quantitative estimate of drug-likeness (QED) is 0.448. The van der Waals surface area contributed by atoms with Crippen LogP contribution < -0.4 is 0 Å². The first kappa shape index (κ1) is 15.5. The highest BCUT2D eigenvalue weighted by Gasteiger charge is 1.96. The van der Waals surface area contributed by atoms with Crippen molar-refractivity contribution >= 4 is 0 Å². The molecular weight excluding hydrogens is 194 g/mol. The second-order valence-corrected chi connectivity index (χ2v) is 4.62. The monoisotopic (exact) mass is 225 g/mol. The third-order valence-corrected chi connectivity index (χ3v) is 2.89. The van der Waals surface area contributed by atoms with Crippen LogP contribution in [0.4, 0.5) is 0 Å². The molecule has 0 unspecified atom stereocenters. The predicted molar refractivity (Wildman–Crippen MR) is 74.7 cm³/mol. The van der Waals surface area contributed by atoms with Gasteiger partial charge in [0.15, 0.2) is 0 Å². The largest absolute Gasteiger partial charge is 0.378 e. The van der Waals surface area contributed by atoms with Crippen molar-refractivity contribution in [3.8, 4) is 0 Å². The van der Waals surface area contributed by atoms with Gasteiger partial charge in [-0.3, -0.25) is 0 Å². The van der Waals surface area contributed by atoms with E-state index in [1.807, 2.05) is 0 Å². The van der Waals surface area contributed by atoms with Gasteiger partial charge in [-0.1, -0.05) is 52.5 Å². The smallest absolute Gasteiger partial charge is 0.0172 e. The summed E-state index contributed by atoms with van der Waals surface area (Å²) >= 11 is 0. The normalized spacial score (nSPS) is 11.2. The van der Waals surface area contributed by atoms with E-state index in [1.165, 1.54) is 64.5 Å². The molecule has 0 aliphatic carbocycles. The summed E-state index contributed by atoms with van der Waals surface area (Å²) in [5.41, 5.74) is 0. The molecule has 0 heterocycles. The lowest BCUT2D eigenvalue weighted by Gasteiger charge is -2.19. The minimum absolute atomic E-state index is 1.24.